The van der Waals surface area contributed by atoms with Gasteiger partial charge >= 0.3 is 0 Å². The summed E-state index contributed by atoms with van der Waals surface area (Å²) < 4.78 is 5.44. The molecule has 2 unspecified atom stereocenters. The van der Waals surface area contributed by atoms with E-state index in [1.54, 1.807) is 0 Å². The van der Waals surface area contributed by atoms with Crippen LogP contribution in [0.2, 0.25) is 0 Å². The van der Waals surface area contributed by atoms with Crippen LogP contribution >= 0.6 is 0 Å². The first kappa shape index (κ1) is 11.9. The van der Waals surface area contributed by atoms with Gasteiger partial charge in [0.1, 0.15) is 0 Å². The number of piperidine rings is 1. The van der Waals surface area contributed by atoms with Crippen LogP contribution < -0.4 is 0 Å². The highest BCUT2D eigenvalue weighted by atomic mass is 16.5. The van der Waals surface area contributed by atoms with E-state index in [-0.39, 0.29) is 5.60 Å². The Kier molecular flexibility index (Phi) is 3.42. The second kappa shape index (κ2) is 4.87. The van der Waals surface area contributed by atoms with E-state index in [9.17, 15) is 5.11 Å². The first-order valence-corrected chi connectivity index (χ1v) is 7.32. The summed E-state index contributed by atoms with van der Waals surface area (Å²) in [5, 5.41) is 10.7. The molecule has 3 rings (SSSR count). The summed E-state index contributed by atoms with van der Waals surface area (Å²) in [6.07, 6.45) is 8.18. The number of rotatable bonds is 1. The minimum absolute atomic E-state index is 0.320. The van der Waals surface area contributed by atoms with Gasteiger partial charge in [0.25, 0.3) is 0 Å². The Morgan fingerprint density at radius 2 is 1.88 bits per heavy atom. The fraction of sp³-hybridized carbons (Fsp3) is 1.00. The molecule has 0 aromatic carbocycles. The normalized spacial score (nSPS) is 41.1. The molecule has 0 aromatic heterocycles. The third-order valence-corrected chi connectivity index (χ3v) is 5.17. The maximum atomic E-state index is 10.7. The Hall–Kier alpha value is -0.120. The standard InChI is InChI=1S/C14H25NO2/c16-14-6-2-1-3-12(14)11-15(8-7-14)13-4-9-17-10-5-13/h12-13,16H,1-11H2. The molecule has 0 amide bonds. The van der Waals surface area contributed by atoms with Gasteiger partial charge in [0.05, 0.1) is 5.60 Å². The molecule has 2 aliphatic heterocycles. The number of hydrogen-bond donors (Lipinski definition) is 1. The SMILES string of the molecule is OC12CCCCC1CN(C1CCOCC1)CC2. The molecule has 2 heterocycles. The summed E-state index contributed by atoms with van der Waals surface area (Å²) in [4.78, 5) is 2.63. The molecule has 3 aliphatic rings. The van der Waals surface area contributed by atoms with E-state index in [0.717, 1.165) is 45.2 Å². The van der Waals surface area contributed by atoms with Crippen LogP contribution in [0.25, 0.3) is 0 Å². The quantitative estimate of drug-likeness (QED) is 0.757. The predicted molar refractivity (Wildman–Crippen MR) is 66.9 cm³/mol. The second-order valence-corrected chi connectivity index (χ2v) is 6.13. The zero-order valence-electron chi connectivity index (χ0n) is 10.7. The summed E-state index contributed by atoms with van der Waals surface area (Å²) in [6, 6.07) is 0.718. The van der Waals surface area contributed by atoms with Crippen molar-refractivity contribution >= 4 is 0 Å². The Morgan fingerprint density at radius 1 is 1.06 bits per heavy atom. The minimum atomic E-state index is -0.320. The van der Waals surface area contributed by atoms with Crippen molar-refractivity contribution in [2.75, 3.05) is 26.3 Å². The second-order valence-electron chi connectivity index (χ2n) is 6.13. The number of fused-ring (bicyclic) bond motifs is 1. The Bertz CT molecular complexity index is 265. The smallest absolute Gasteiger partial charge is 0.0700 e. The lowest BCUT2D eigenvalue weighted by Gasteiger charge is -2.50. The summed E-state index contributed by atoms with van der Waals surface area (Å²) in [5.41, 5.74) is -0.320. The number of likely N-dealkylation sites (tertiary alicyclic amines) is 1. The van der Waals surface area contributed by atoms with Gasteiger partial charge in [-0.15, -0.1) is 0 Å². The lowest BCUT2D eigenvalue weighted by atomic mass is 9.71. The largest absolute Gasteiger partial charge is 0.390 e. The van der Waals surface area contributed by atoms with Crippen molar-refractivity contribution in [3.8, 4) is 0 Å². The summed E-state index contributed by atoms with van der Waals surface area (Å²) >= 11 is 0. The third kappa shape index (κ3) is 2.38. The zero-order chi connectivity index (χ0) is 11.7. The molecule has 3 nitrogen and oxygen atoms in total. The molecule has 2 saturated heterocycles. The van der Waals surface area contributed by atoms with Gasteiger partial charge in [0, 0.05) is 38.3 Å². The van der Waals surface area contributed by atoms with Gasteiger partial charge in [-0.1, -0.05) is 12.8 Å². The fourth-order valence-corrected chi connectivity index (χ4v) is 3.98. The van der Waals surface area contributed by atoms with Crippen LogP contribution in [0.3, 0.4) is 0 Å². The molecule has 2 atom stereocenters. The lowest BCUT2D eigenvalue weighted by molar-refractivity contribution is -0.109. The molecule has 1 aliphatic carbocycles. The van der Waals surface area contributed by atoms with Crippen molar-refractivity contribution in [3.63, 3.8) is 0 Å². The number of ether oxygens (including phenoxy) is 1. The highest BCUT2D eigenvalue weighted by Crippen LogP contribution is 2.40. The van der Waals surface area contributed by atoms with Gasteiger partial charge < -0.3 is 9.84 Å². The van der Waals surface area contributed by atoms with E-state index in [2.05, 4.69) is 4.90 Å². The molecule has 17 heavy (non-hydrogen) atoms. The first-order chi connectivity index (χ1) is 8.28. The van der Waals surface area contributed by atoms with E-state index in [0.29, 0.717) is 5.92 Å². The van der Waals surface area contributed by atoms with E-state index in [1.807, 2.05) is 0 Å². The van der Waals surface area contributed by atoms with E-state index < -0.39 is 0 Å². The van der Waals surface area contributed by atoms with Gasteiger partial charge in [-0.25, -0.2) is 0 Å². The van der Waals surface area contributed by atoms with Crippen LogP contribution in [0.5, 0.6) is 0 Å². The lowest BCUT2D eigenvalue weighted by Crippen LogP contribution is -2.56. The maximum absolute atomic E-state index is 10.7. The van der Waals surface area contributed by atoms with Crippen LogP contribution in [0.15, 0.2) is 0 Å². The van der Waals surface area contributed by atoms with Crippen LogP contribution in [0, 0.1) is 5.92 Å². The molecule has 0 radical (unpaired) electrons. The van der Waals surface area contributed by atoms with E-state index in [4.69, 9.17) is 4.74 Å². The van der Waals surface area contributed by atoms with Gasteiger partial charge in [-0.2, -0.15) is 0 Å². The van der Waals surface area contributed by atoms with Crippen molar-refractivity contribution in [3.05, 3.63) is 0 Å². The molecule has 98 valence electrons. The highest BCUT2D eigenvalue weighted by Gasteiger charge is 2.43. The third-order valence-electron chi connectivity index (χ3n) is 5.17. The van der Waals surface area contributed by atoms with Crippen LogP contribution in [0.4, 0.5) is 0 Å². The minimum Gasteiger partial charge on any atom is -0.390 e. The molecule has 1 saturated carbocycles. The summed E-state index contributed by atoms with van der Waals surface area (Å²) in [6.45, 7) is 4.07. The molecule has 1 N–H and O–H groups in total. The Balaban J connectivity index is 1.62. The first-order valence-electron chi connectivity index (χ1n) is 7.32. The van der Waals surface area contributed by atoms with Crippen LogP contribution in [-0.2, 0) is 4.74 Å². The fourth-order valence-electron chi connectivity index (χ4n) is 3.98. The molecular formula is C14H25NO2. The molecule has 0 aromatic rings. The van der Waals surface area contributed by atoms with Crippen LogP contribution in [-0.4, -0.2) is 48.0 Å². The molecule has 0 bridgehead atoms. The van der Waals surface area contributed by atoms with Gasteiger partial charge in [0.2, 0.25) is 0 Å². The van der Waals surface area contributed by atoms with Crippen molar-refractivity contribution in [1.29, 1.82) is 0 Å². The average molecular weight is 239 g/mol. The van der Waals surface area contributed by atoms with Crippen LogP contribution in [0.1, 0.15) is 44.9 Å². The molecule has 3 fully saturated rings. The maximum Gasteiger partial charge on any atom is 0.0700 e. The van der Waals surface area contributed by atoms with Gasteiger partial charge in [-0.05, 0) is 32.1 Å². The molecule has 0 spiro atoms. The van der Waals surface area contributed by atoms with Crippen molar-refractivity contribution in [2.45, 2.75) is 56.6 Å². The number of nitrogens with zero attached hydrogens (tertiary/aromatic N) is 1. The summed E-state index contributed by atoms with van der Waals surface area (Å²) in [5.74, 6) is 0.535. The van der Waals surface area contributed by atoms with Gasteiger partial charge in [-0.3, -0.25) is 4.90 Å². The van der Waals surface area contributed by atoms with Crippen molar-refractivity contribution < 1.29 is 9.84 Å². The van der Waals surface area contributed by atoms with Crippen molar-refractivity contribution in [2.24, 2.45) is 5.92 Å². The number of aliphatic hydroxyl groups is 1. The predicted octanol–water partition coefficient (Wildman–Crippen LogP) is 1.79. The monoisotopic (exact) mass is 239 g/mol. The zero-order valence-corrected chi connectivity index (χ0v) is 10.7. The highest BCUT2D eigenvalue weighted by molar-refractivity contribution is 4.97. The Morgan fingerprint density at radius 3 is 2.71 bits per heavy atom. The molecule has 3 heteroatoms. The average Bonchev–Trinajstić information content (AvgIpc) is 2.39. The van der Waals surface area contributed by atoms with Gasteiger partial charge in [0.15, 0.2) is 0 Å². The summed E-state index contributed by atoms with van der Waals surface area (Å²) in [7, 11) is 0. The topological polar surface area (TPSA) is 32.7 Å². The van der Waals surface area contributed by atoms with E-state index >= 15 is 0 Å². The number of hydrogen-bond acceptors (Lipinski definition) is 3. The van der Waals surface area contributed by atoms with E-state index in [1.165, 1.54) is 32.1 Å². The van der Waals surface area contributed by atoms with Crippen molar-refractivity contribution in [1.82, 2.24) is 4.90 Å². The molecular weight excluding hydrogens is 214 g/mol. The Labute approximate surface area is 104 Å².